The van der Waals surface area contributed by atoms with Crippen LogP contribution in [0.15, 0.2) is 0 Å². The Kier molecular flexibility index (Phi) is 1.86. The van der Waals surface area contributed by atoms with E-state index in [0.29, 0.717) is 12.2 Å². The van der Waals surface area contributed by atoms with Crippen LogP contribution >= 0.6 is 0 Å². The average Bonchev–Trinajstić information content (AvgIpc) is 2.45. The first-order chi connectivity index (χ1) is 3.84. The smallest absolute Gasteiger partial charge is 0.107 e. The van der Waals surface area contributed by atoms with Gasteiger partial charge in [0.25, 0.3) is 0 Å². The molecule has 1 heterocycles. The lowest BCUT2D eigenvalue weighted by molar-refractivity contribution is 0.0549. The highest BCUT2D eigenvalue weighted by atomic mass is 16.6. The zero-order valence-electron chi connectivity index (χ0n) is 5.39. The summed E-state index contributed by atoms with van der Waals surface area (Å²) in [4.78, 5) is 0. The maximum absolute atomic E-state index is 5.24. The van der Waals surface area contributed by atoms with Crippen molar-refractivity contribution in [2.24, 2.45) is 0 Å². The summed E-state index contributed by atoms with van der Waals surface area (Å²) in [5.41, 5.74) is 0. The van der Waals surface area contributed by atoms with Crippen molar-refractivity contribution < 1.29 is 9.47 Å². The Bertz CT molecular complexity index is 68.9. The van der Waals surface area contributed by atoms with Crippen molar-refractivity contribution in [2.45, 2.75) is 26.1 Å². The fraction of sp³-hybridized carbons (Fsp3) is 1.00. The van der Waals surface area contributed by atoms with Crippen molar-refractivity contribution >= 4 is 0 Å². The molecular formula is C6H12O2. The number of epoxide rings is 1. The van der Waals surface area contributed by atoms with Gasteiger partial charge in [0, 0.05) is 6.61 Å². The van der Waals surface area contributed by atoms with Crippen LogP contribution < -0.4 is 0 Å². The molecule has 1 aliphatic rings. The Morgan fingerprint density at radius 2 is 2.50 bits per heavy atom. The molecule has 0 aromatic heterocycles. The van der Waals surface area contributed by atoms with E-state index >= 15 is 0 Å². The maximum atomic E-state index is 5.24. The molecule has 8 heavy (non-hydrogen) atoms. The average molecular weight is 116 g/mol. The molecule has 1 fully saturated rings. The van der Waals surface area contributed by atoms with E-state index in [1.54, 1.807) is 0 Å². The van der Waals surface area contributed by atoms with Crippen LogP contribution in [0.2, 0.25) is 0 Å². The first kappa shape index (κ1) is 6.05. The van der Waals surface area contributed by atoms with Gasteiger partial charge in [-0.05, 0) is 13.8 Å². The third-order valence-corrected chi connectivity index (χ3v) is 1.31. The van der Waals surface area contributed by atoms with Crippen LogP contribution in [0.4, 0.5) is 0 Å². The van der Waals surface area contributed by atoms with Gasteiger partial charge in [0.05, 0.1) is 12.7 Å². The number of rotatable bonds is 3. The predicted molar refractivity (Wildman–Crippen MR) is 30.8 cm³/mol. The summed E-state index contributed by atoms with van der Waals surface area (Å²) >= 11 is 0. The molecule has 2 heteroatoms. The van der Waals surface area contributed by atoms with Crippen molar-refractivity contribution in [2.75, 3.05) is 13.2 Å². The molecule has 1 rings (SSSR count). The standard InChI is InChI=1S/C6H12O2/c1-3-7-5(2)6-4-8-6/h5-6H,3-4H2,1-2H3/t5?,6-/m1/s1. The molecule has 1 unspecified atom stereocenters. The monoisotopic (exact) mass is 116 g/mol. The number of hydrogen-bond donors (Lipinski definition) is 0. The van der Waals surface area contributed by atoms with Gasteiger partial charge in [-0.15, -0.1) is 0 Å². The molecule has 48 valence electrons. The third kappa shape index (κ3) is 1.46. The SMILES string of the molecule is CCOC(C)[C@H]1CO1. The van der Waals surface area contributed by atoms with Crippen LogP contribution in [-0.4, -0.2) is 25.4 Å². The highest BCUT2D eigenvalue weighted by molar-refractivity contribution is 4.75. The van der Waals surface area contributed by atoms with Crippen molar-refractivity contribution in [3.63, 3.8) is 0 Å². The second kappa shape index (κ2) is 2.46. The van der Waals surface area contributed by atoms with Crippen LogP contribution in [0.5, 0.6) is 0 Å². The van der Waals surface area contributed by atoms with E-state index in [1.807, 2.05) is 13.8 Å². The quantitative estimate of drug-likeness (QED) is 0.509. The van der Waals surface area contributed by atoms with E-state index in [4.69, 9.17) is 9.47 Å². The van der Waals surface area contributed by atoms with Gasteiger partial charge < -0.3 is 9.47 Å². The molecule has 0 spiro atoms. The molecular weight excluding hydrogens is 104 g/mol. The van der Waals surface area contributed by atoms with Gasteiger partial charge in [0.2, 0.25) is 0 Å². The fourth-order valence-electron chi connectivity index (χ4n) is 0.697. The predicted octanol–water partition coefficient (Wildman–Crippen LogP) is 0.810. The molecule has 1 aliphatic heterocycles. The zero-order valence-corrected chi connectivity index (χ0v) is 5.39. The summed E-state index contributed by atoms with van der Waals surface area (Å²) in [5.74, 6) is 0. The minimum atomic E-state index is 0.306. The Balaban J connectivity index is 2.03. The molecule has 0 N–H and O–H groups in total. The summed E-state index contributed by atoms with van der Waals surface area (Å²) in [6, 6.07) is 0. The first-order valence-electron chi connectivity index (χ1n) is 3.07. The lowest BCUT2D eigenvalue weighted by Crippen LogP contribution is -2.14. The van der Waals surface area contributed by atoms with E-state index in [9.17, 15) is 0 Å². The topological polar surface area (TPSA) is 21.8 Å². The number of hydrogen-bond acceptors (Lipinski definition) is 2. The highest BCUT2D eigenvalue weighted by Crippen LogP contribution is 2.15. The maximum Gasteiger partial charge on any atom is 0.107 e. The molecule has 0 bridgehead atoms. The van der Waals surface area contributed by atoms with E-state index in [1.165, 1.54) is 0 Å². The summed E-state index contributed by atoms with van der Waals surface area (Å²) in [7, 11) is 0. The van der Waals surface area contributed by atoms with Gasteiger partial charge in [-0.3, -0.25) is 0 Å². The Hall–Kier alpha value is -0.0800. The minimum absolute atomic E-state index is 0.306. The molecule has 2 nitrogen and oxygen atoms in total. The van der Waals surface area contributed by atoms with Gasteiger partial charge in [-0.25, -0.2) is 0 Å². The molecule has 2 atom stereocenters. The second-order valence-corrected chi connectivity index (χ2v) is 2.03. The summed E-state index contributed by atoms with van der Waals surface area (Å²) in [5, 5.41) is 0. The van der Waals surface area contributed by atoms with Crippen LogP contribution in [0.1, 0.15) is 13.8 Å². The molecule has 0 saturated carbocycles. The van der Waals surface area contributed by atoms with E-state index in [0.717, 1.165) is 13.2 Å². The molecule has 0 aromatic carbocycles. The van der Waals surface area contributed by atoms with Gasteiger partial charge in [-0.2, -0.15) is 0 Å². The van der Waals surface area contributed by atoms with Crippen LogP contribution in [0, 0.1) is 0 Å². The Labute approximate surface area is 49.8 Å². The summed E-state index contributed by atoms with van der Waals surface area (Å²) in [6.07, 6.45) is 0.704. The van der Waals surface area contributed by atoms with E-state index in [-0.39, 0.29) is 0 Å². The van der Waals surface area contributed by atoms with E-state index < -0.39 is 0 Å². The molecule has 1 saturated heterocycles. The Morgan fingerprint density at radius 3 is 2.88 bits per heavy atom. The van der Waals surface area contributed by atoms with Crippen molar-refractivity contribution in [3.8, 4) is 0 Å². The zero-order chi connectivity index (χ0) is 5.98. The molecule has 0 radical (unpaired) electrons. The summed E-state index contributed by atoms with van der Waals surface area (Å²) < 4.78 is 10.2. The second-order valence-electron chi connectivity index (χ2n) is 2.03. The van der Waals surface area contributed by atoms with Crippen LogP contribution in [-0.2, 0) is 9.47 Å². The fourth-order valence-corrected chi connectivity index (χ4v) is 0.697. The molecule has 0 amide bonds. The summed E-state index contributed by atoms with van der Waals surface area (Å²) in [6.45, 7) is 5.72. The van der Waals surface area contributed by atoms with Crippen molar-refractivity contribution in [1.82, 2.24) is 0 Å². The largest absolute Gasteiger partial charge is 0.376 e. The lowest BCUT2D eigenvalue weighted by Gasteiger charge is -2.05. The van der Waals surface area contributed by atoms with Crippen molar-refractivity contribution in [1.29, 1.82) is 0 Å². The van der Waals surface area contributed by atoms with E-state index in [2.05, 4.69) is 0 Å². The normalized spacial score (nSPS) is 30.0. The van der Waals surface area contributed by atoms with Gasteiger partial charge in [0.15, 0.2) is 0 Å². The molecule has 0 aliphatic carbocycles. The first-order valence-corrected chi connectivity index (χ1v) is 3.07. The highest BCUT2D eigenvalue weighted by Gasteiger charge is 2.29. The molecule has 0 aromatic rings. The van der Waals surface area contributed by atoms with Crippen molar-refractivity contribution in [3.05, 3.63) is 0 Å². The Morgan fingerprint density at radius 1 is 1.88 bits per heavy atom. The van der Waals surface area contributed by atoms with Gasteiger partial charge in [-0.1, -0.05) is 0 Å². The third-order valence-electron chi connectivity index (χ3n) is 1.31. The van der Waals surface area contributed by atoms with Crippen LogP contribution in [0.25, 0.3) is 0 Å². The minimum Gasteiger partial charge on any atom is -0.376 e. The van der Waals surface area contributed by atoms with Gasteiger partial charge in [0.1, 0.15) is 6.10 Å². The lowest BCUT2D eigenvalue weighted by atomic mass is 10.3. The van der Waals surface area contributed by atoms with Gasteiger partial charge >= 0.3 is 0 Å². The van der Waals surface area contributed by atoms with Crippen LogP contribution in [0.3, 0.4) is 0 Å². The number of ether oxygens (including phenoxy) is 2.